The van der Waals surface area contributed by atoms with Crippen LogP contribution in [0.1, 0.15) is 11.1 Å². The van der Waals surface area contributed by atoms with Gasteiger partial charge in [0.25, 0.3) is 0 Å². The van der Waals surface area contributed by atoms with E-state index in [1.807, 2.05) is 0 Å². The lowest BCUT2D eigenvalue weighted by atomic mass is 9.87. The lowest BCUT2D eigenvalue weighted by Crippen LogP contribution is -1.97. The Morgan fingerprint density at radius 3 is 1.88 bits per heavy atom. The predicted molar refractivity (Wildman–Crippen MR) is 273 cm³/mol. The normalized spacial score (nSPS) is 13.8. The van der Waals surface area contributed by atoms with E-state index in [1.54, 1.807) is 11.3 Å². The van der Waals surface area contributed by atoms with Gasteiger partial charge < -0.3 is 4.57 Å². The summed E-state index contributed by atoms with van der Waals surface area (Å²) >= 11 is 1.80. The van der Waals surface area contributed by atoms with Crippen molar-refractivity contribution in [1.82, 2.24) is 14.1 Å². The van der Waals surface area contributed by atoms with E-state index in [4.69, 9.17) is 4.98 Å². The van der Waals surface area contributed by atoms with Gasteiger partial charge >= 0.3 is 0 Å². The van der Waals surface area contributed by atoms with Crippen LogP contribution in [0.2, 0.25) is 0 Å². The van der Waals surface area contributed by atoms with E-state index in [0.29, 0.717) is 0 Å². The van der Waals surface area contributed by atoms with Crippen LogP contribution in [0.15, 0.2) is 219 Å². The number of rotatable bonds is 4. The Balaban J connectivity index is 0.912. The molecular formula is C60H39N3S. The number of aromatic nitrogens is 3. The number of hydrogen-bond donors (Lipinski definition) is 0. The summed E-state index contributed by atoms with van der Waals surface area (Å²) in [6.45, 7) is 4.45. The van der Waals surface area contributed by atoms with E-state index in [9.17, 15) is 0 Å². The fraction of sp³-hybridized carbons (Fsp3) is 0.0167. The second-order valence-electron chi connectivity index (χ2n) is 16.8. The Hall–Kier alpha value is -8.05. The minimum atomic E-state index is 0.882. The molecule has 0 N–H and O–H groups in total. The van der Waals surface area contributed by atoms with Crippen LogP contribution < -0.4 is 0 Å². The highest BCUT2D eigenvalue weighted by Crippen LogP contribution is 2.42. The Morgan fingerprint density at radius 2 is 1.08 bits per heavy atom. The molecule has 1 aliphatic rings. The fourth-order valence-electron chi connectivity index (χ4n) is 10.1. The zero-order valence-electron chi connectivity index (χ0n) is 34.9. The van der Waals surface area contributed by atoms with E-state index in [-0.39, 0.29) is 0 Å². The molecule has 0 fully saturated rings. The summed E-state index contributed by atoms with van der Waals surface area (Å²) in [7, 11) is 0. The first-order valence-electron chi connectivity index (χ1n) is 21.8. The summed E-state index contributed by atoms with van der Waals surface area (Å²) in [4.78, 5) is 5.15. The molecule has 1 aliphatic carbocycles. The van der Waals surface area contributed by atoms with Crippen LogP contribution in [0.3, 0.4) is 0 Å². The summed E-state index contributed by atoms with van der Waals surface area (Å²) in [5, 5.41) is 7.39. The molecule has 0 unspecified atom stereocenters. The average Bonchev–Trinajstić information content (AvgIpc) is 4.00. The van der Waals surface area contributed by atoms with Gasteiger partial charge in [-0.25, -0.2) is 4.98 Å². The first-order chi connectivity index (χ1) is 31.6. The lowest BCUT2D eigenvalue weighted by molar-refractivity contribution is 1.09. The number of hydrogen-bond acceptors (Lipinski definition) is 2. The van der Waals surface area contributed by atoms with Crippen molar-refractivity contribution < 1.29 is 0 Å². The lowest BCUT2D eigenvalue weighted by Gasteiger charge is -2.17. The van der Waals surface area contributed by atoms with Crippen LogP contribution in [-0.2, 0) is 6.42 Å². The Kier molecular flexibility index (Phi) is 8.30. The average molecular weight is 834 g/mol. The summed E-state index contributed by atoms with van der Waals surface area (Å²) in [6, 6.07) is 66.8. The number of fused-ring (bicyclic) bond motifs is 12. The molecule has 0 atom stereocenters. The number of para-hydroxylation sites is 3. The standard InChI is InChI=1S/C60H39N3S/c1-38-14-3-2-4-15-39-16-5-6-19-46(39)50-33-42(26-29-45(38)50)40-17-13-18-41(32-40)43-27-31-58-52(34-43)53-36-60(61-37-59(53)64-58)63-56-25-12-9-22-49(56)51-35-44(28-30-57(51)63)62-54-23-10-7-20-47(54)48-21-8-11-24-55(48)62/h2-14,16-37H,1,15H2/b4-2-,14-3-. The maximum Gasteiger partial charge on any atom is 0.138 e. The maximum atomic E-state index is 5.15. The number of thiophene rings is 1. The molecule has 0 saturated heterocycles. The molecule has 0 aliphatic heterocycles. The minimum absolute atomic E-state index is 0.882. The van der Waals surface area contributed by atoms with Crippen LogP contribution >= 0.6 is 11.3 Å². The van der Waals surface area contributed by atoms with Crippen molar-refractivity contribution in [2.45, 2.75) is 6.42 Å². The largest absolute Gasteiger partial charge is 0.309 e. The van der Waals surface area contributed by atoms with Crippen molar-refractivity contribution in [1.29, 1.82) is 0 Å². The third-order valence-corrected chi connectivity index (χ3v) is 14.3. The highest BCUT2D eigenvalue weighted by Gasteiger charge is 2.19. The number of pyridine rings is 1. The highest BCUT2D eigenvalue weighted by atomic mass is 32.1. The molecule has 0 bridgehead atoms. The van der Waals surface area contributed by atoms with Gasteiger partial charge in [-0.15, -0.1) is 11.3 Å². The molecule has 12 aromatic rings. The number of nitrogens with zero attached hydrogens (tertiary/aromatic N) is 3. The van der Waals surface area contributed by atoms with Gasteiger partial charge in [0.1, 0.15) is 5.82 Å². The van der Waals surface area contributed by atoms with Gasteiger partial charge in [0.2, 0.25) is 0 Å². The first kappa shape index (κ1) is 36.6. The predicted octanol–water partition coefficient (Wildman–Crippen LogP) is 16.3. The molecule has 13 rings (SSSR count). The molecule has 300 valence electrons. The van der Waals surface area contributed by atoms with Crippen LogP contribution in [-0.4, -0.2) is 14.1 Å². The quantitative estimate of drug-likeness (QED) is 0.173. The summed E-state index contributed by atoms with van der Waals surface area (Å²) in [5.74, 6) is 0.913. The molecule has 3 nitrogen and oxygen atoms in total. The van der Waals surface area contributed by atoms with Gasteiger partial charge in [-0.2, -0.15) is 0 Å². The minimum Gasteiger partial charge on any atom is -0.309 e. The van der Waals surface area contributed by atoms with Crippen molar-refractivity contribution >= 4 is 80.7 Å². The van der Waals surface area contributed by atoms with Crippen molar-refractivity contribution in [3.63, 3.8) is 0 Å². The molecule has 0 amide bonds. The van der Waals surface area contributed by atoms with Gasteiger partial charge in [0.05, 0.1) is 26.8 Å². The molecule has 4 heteroatoms. The Morgan fingerprint density at radius 1 is 0.438 bits per heavy atom. The fourth-order valence-corrected chi connectivity index (χ4v) is 11.2. The van der Waals surface area contributed by atoms with Crippen molar-refractivity contribution in [3.05, 3.63) is 230 Å². The van der Waals surface area contributed by atoms with Crippen molar-refractivity contribution in [3.8, 4) is 44.9 Å². The molecule has 0 saturated carbocycles. The zero-order chi connectivity index (χ0) is 42.3. The zero-order valence-corrected chi connectivity index (χ0v) is 35.7. The first-order valence-corrected chi connectivity index (χ1v) is 22.7. The topological polar surface area (TPSA) is 22.8 Å². The third kappa shape index (κ3) is 5.77. The van der Waals surface area contributed by atoms with E-state index in [2.05, 4.69) is 228 Å². The molecule has 4 aromatic heterocycles. The Bertz CT molecular complexity index is 3910. The van der Waals surface area contributed by atoms with Crippen LogP contribution in [0, 0.1) is 0 Å². The van der Waals surface area contributed by atoms with Crippen molar-refractivity contribution in [2.75, 3.05) is 0 Å². The van der Waals surface area contributed by atoms with Crippen molar-refractivity contribution in [2.24, 2.45) is 0 Å². The molecule has 64 heavy (non-hydrogen) atoms. The molecule has 0 radical (unpaired) electrons. The SMILES string of the molecule is C=C1/C=C\C=C/Cc2ccccc2-c2cc(-c3cccc(-c4ccc5sc6cnc(-n7c8ccccc8c8cc(-n9c%10ccccc%10c%10ccccc%109)ccc87)cc6c5c4)c3)ccc21. The molecule has 0 spiro atoms. The second kappa shape index (κ2) is 14.5. The van der Waals surface area contributed by atoms with E-state index < -0.39 is 0 Å². The van der Waals surface area contributed by atoms with Gasteiger partial charge in [0, 0.05) is 48.9 Å². The second-order valence-corrected chi connectivity index (χ2v) is 17.9. The monoisotopic (exact) mass is 833 g/mol. The van der Waals surface area contributed by atoms with Crippen LogP contribution in [0.5, 0.6) is 0 Å². The van der Waals surface area contributed by atoms with Gasteiger partial charge in [-0.3, -0.25) is 4.57 Å². The summed E-state index contributed by atoms with van der Waals surface area (Å²) in [6.07, 6.45) is 11.5. The Labute approximate surface area is 374 Å². The van der Waals surface area contributed by atoms with Crippen LogP contribution in [0.25, 0.3) is 114 Å². The van der Waals surface area contributed by atoms with E-state index in [0.717, 1.165) is 40.1 Å². The van der Waals surface area contributed by atoms with E-state index in [1.165, 1.54) is 91.7 Å². The smallest absolute Gasteiger partial charge is 0.138 e. The van der Waals surface area contributed by atoms with Gasteiger partial charge in [0.15, 0.2) is 0 Å². The van der Waals surface area contributed by atoms with E-state index >= 15 is 0 Å². The maximum absolute atomic E-state index is 5.15. The molecular weight excluding hydrogens is 795 g/mol. The highest BCUT2D eigenvalue weighted by molar-refractivity contribution is 7.25. The summed E-state index contributed by atoms with van der Waals surface area (Å²) in [5.41, 5.74) is 16.5. The van der Waals surface area contributed by atoms with Gasteiger partial charge in [-0.1, -0.05) is 146 Å². The van der Waals surface area contributed by atoms with Crippen LogP contribution in [0.4, 0.5) is 0 Å². The van der Waals surface area contributed by atoms with Gasteiger partial charge in [-0.05, 0) is 123 Å². The summed E-state index contributed by atoms with van der Waals surface area (Å²) < 4.78 is 7.17. The number of benzene rings is 8. The third-order valence-electron chi connectivity index (χ3n) is 13.2. The number of allylic oxidation sites excluding steroid dienone is 5. The molecule has 4 heterocycles. The molecule has 8 aromatic carbocycles.